The average molecular weight is 265 g/mol. The van der Waals surface area contributed by atoms with Crippen LogP contribution in [0.25, 0.3) is 5.65 Å². The van der Waals surface area contributed by atoms with Crippen molar-refractivity contribution in [3.63, 3.8) is 0 Å². The van der Waals surface area contributed by atoms with E-state index in [4.69, 9.17) is 0 Å². The molecule has 2 heterocycles. The van der Waals surface area contributed by atoms with Crippen LogP contribution < -0.4 is 11.0 Å². The van der Waals surface area contributed by atoms with Gasteiger partial charge in [0.25, 0.3) is 0 Å². The van der Waals surface area contributed by atoms with Gasteiger partial charge in [0.2, 0.25) is 0 Å². The average Bonchev–Trinajstić information content (AvgIpc) is 2.66. The molecule has 19 heavy (non-hydrogen) atoms. The van der Waals surface area contributed by atoms with Crippen molar-refractivity contribution in [2.75, 3.05) is 13.1 Å². The molecule has 2 rings (SSSR count). The van der Waals surface area contributed by atoms with E-state index in [0.717, 1.165) is 6.54 Å². The van der Waals surface area contributed by atoms with Gasteiger partial charge in [-0.2, -0.15) is 0 Å². The smallest absolute Gasteiger partial charge is 0.350 e. The number of nitrogens with one attached hydrogen (secondary N) is 1. The SMILES string of the molecule is CC(C)CNCC(O)Cn1nc2cnccn2c1=O. The molecule has 2 aromatic rings. The van der Waals surface area contributed by atoms with E-state index in [2.05, 4.69) is 29.2 Å². The van der Waals surface area contributed by atoms with E-state index in [0.29, 0.717) is 18.1 Å². The third-order valence-corrected chi connectivity index (χ3v) is 2.70. The largest absolute Gasteiger partial charge is 0.390 e. The van der Waals surface area contributed by atoms with Gasteiger partial charge in [-0.3, -0.25) is 4.98 Å². The molecule has 0 bridgehead atoms. The standard InChI is InChI=1S/C12H19N5O2/c1-9(2)5-14-6-10(18)8-17-12(19)16-4-3-13-7-11(16)15-17/h3-4,7,9-10,14,18H,5-6,8H2,1-2H3. The maximum atomic E-state index is 12.0. The van der Waals surface area contributed by atoms with Crippen LogP contribution in [0.15, 0.2) is 23.4 Å². The highest BCUT2D eigenvalue weighted by Gasteiger charge is 2.11. The van der Waals surface area contributed by atoms with Crippen molar-refractivity contribution in [3.8, 4) is 0 Å². The molecule has 7 nitrogen and oxygen atoms in total. The summed E-state index contributed by atoms with van der Waals surface area (Å²) in [6, 6.07) is 0. The van der Waals surface area contributed by atoms with Crippen molar-refractivity contribution in [2.24, 2.45) is 5.92 Å². The number of nitrogens with zero attached hydrogens (tertiary/aromatic N) is 4. The first kappa shape index (κ1) is 13.7. The van der Waals surface area contributed by atoms with Crippen LogP contribution in [0.3, 0.4) is 0 Å². The van der Waals surface area contributed by atoms with Crippen molar-refractivity contribution in [1.29, 1.82) is 0 Å². The van der Waals surface area contributed by atoms with E-state index in [1.165, 1.54) is 21.5 Å². The molecule has 1 atom stereocenters. The Morgan fingerprint density at radius 2 is 2.21 bits per heavy atom. The minimum atomic E-state index is -0.644. The lowest BCUT2D eigenvalue weighted by Crippen LogP contribution is -2.35. The summed E-state index contributed by atoms with van der Waals surface area (Å²) in [6.45, 7) is 5.64. The molecule has 0 fully saturated rings. The third kappa shape index (κ3) is 3.39. The first-order chi connectivity index (χ1) is 9.08. The van der Waals surface area contributed by atoms with E-state index in [-0.39, 0.29) is 12.2 Å². The first-order valence-electron chi connectivity index (χ1n) is 6.36. The summed E-state index contributed by atoms with van der Waals surface area (Å²) in [7, 11) is 0. The van der Waals surface area contributed by atoms with Gasteiger partial charge in [-0.05, 0) is 12.5 Å². The minimum Gasteiger partial charge on any atom is -0.390 e. The molecule has 0 saturated carbocycles. The summed E-state index contributed by atoms with van der Waals surface area (Å²) in [5.74, 6) is 0.524. The fraction of sp³-hybridized carbons (Fsp3) is 0.583. The third-order valence-electron chi connectivity index (χ3n) is 2.70. The molecule has 104 valence electrons. The topological polar surface area (TPSA) is 84.4 Å². The van der Waals surface area contributed by atoms with Crippen LogP contribution in [0, 0.1) is 5.92 Å². The number of rotatable bonds is 6. The lowest BCUT2D eigenvalue weighted by Gasteiger charge is -2.12. The lowest BCUT2D eigenvalue weighted by atomic mass is 10.2. The van der Waals surface area contributed by atoms with Gasteiger partial charge in [-0.1, -0.05) is 13.8 Å². The fourth-order valence-electron chi connectivity index (χ4n) is 1.80. The van der Waals surface area contributed by atoms with Crippen LogP contribution in [0.5, 0.6) is 0 Å². The number of aliphatic hydroxyl groups excluding tert-OH is 1. The quantitative estimate of drug-likeness (QED) is 0.735. The molecular formula is C12H19N5O2. The highest BCUT2D eigenvalue weighted by atomic mass is 16.3. The van der Waals surface area contributed by atoms with Crippen LogP contribution in [0.1, 0.15) is 13.8 Å². The van der Waals surface area contributed by atoms with Crippen molar-refractivity contribution < 1.29 is 5.11 Å². The first-order valence-corrected chi connectivity index (χ1v) is 6.36. The summed E-state index contributed by atoms with van der Waals surface area (Å²) < 4.78 is 2.67. The molecule has 2 N–H and O–H groups in total. The molecule has 0 aromatic carbocycles. The van der Waals surface area contributed by atoms with Gasteiger partial charge in [0.15, 0.2) is 5.65 Å². The fourth-order valence-corrected chi connectivity index (χ4v) is 1.80. The molecular weight excluding hydrogens is 246 g/mol. The van der Waals surface area contributed by atoms with Gasteiger partial charge in [0.1, 0.15) is 0 Å². The van der Waals surface area contributed by atoms with Crippen molar-refractivity contribution >= 4 is 5.65 Å². The van der Waals surface area contributed by atoms with E-state index < -0.39 is 6.10 Å². The molecule has 0 amide bonds. The van der Waals surface area contributed by atoms with E-state index in [1.807, 2.05) is 0 Å². The van der Waals surface area contributed by atoms with Gasteiger partial charge in [-0.15, -0.1) is 5.10 Å². The Kier molecular flexibility index (Phi) is 4.28. The summed E-state index contributed by atoms with van der Waals surface area (Å²) in [6.07, 6.45) is 3.96. The molecule has 0 spiro atoms. The van der Waals surface area contributed by atoms with Gasteiger partial charge in [-0.25, -0.2) is 13.9 Å². The predicted molar refractivity (Wildman–Crippen MR) is 71.0 cm³/mol. The Morgan fingerprint density at radius 1 is 1.42 bits per heavy atom. The number of hydrogen-bond acceptors (Lipinski definition) is 5. The highest BCUT2D eigenvalue weighted by molar-refractivity contribution is 5.31. The molecule has 7 heteroatoms. The number of aromatic nitrogens is 4. The lowest BCUT2D eigenvalue weighted by molar-refractivity contribution is 0.144. The second-order valence-corrected chi connectivity index (χ2v) is 4.98. The molecule has 0 saturated heterocycles. The Hall–Kier alpha value is -1.73. The minimum absolute atomic E-state index is 0.172. The summed E-state index contributed by atoms with van der Waals surface area (Å²) in [5.41, 5.74) is 0.218. The van der Waals surface area contributed by atoms with Crippen LogP contribution in [0.2, 0.25) is 0 Å². The second kappa shape index (κ2) is 5.94. The molecule has 0 aliphatic heterocycles. The Labute approximate surface area is 110 Å². The monoisotopic (exact) mass is 265 g/mol. The van der Waals surface area contributed by atoms with Crippen LogP contribution >= 0.6 is 0 Å². The molecule has 0 aliphatic carbocycles. The van der Waals surface area contributed by atoms with Gasteiger partial charge >= 0.3 is 5.69 Å². The van der Waals surface area contributed by atoms with Crippen LogP contribution in [-0.2, 0) is 6.54 Å². The molecule has 0 radical (unpaired) electrons. The number of aliphatic hydroxyl groups is 1. The van der Waals surface area contributed by atoms with Crippen LogP contribution in [-0.4, -0.2) is 43.5 Å². The summed E-state index contributed by atoms with van der Waals surface area (Å²) in [5, 5.41) is 17.1. The Balaban J connectivity index is 2.01. The zero-order valence-corrected chi connectivity index (χ0v) is 11.2. The maximum Gasteiger partial charge on any atom is 0.350 e. The van der Waals surface area contributed by atoms with Crippen molar-refractivity contribution in [2.45, 2.75) is 26.5 Å². The summed E-state index contributed by atoms with van der Waals surface area (Å²) in [4.78, 5) is 15.9. The number of fused-ring (bicyclic) bond motifs is 1. The van der Waals surface area contributed by atoms with E-state index in [1.54, 1.807) is 6.20 Å². The second-order valence-electron chi connectivity index (χ2n) is 4.98. The van der Waals surface area contributed by atoms with Gasteiger partial charge in [0, 0.05) is 18.9 Å². The Morgan fingerprint density at radius 3 is 2.89 bits per heavy atom. The predicted octanol–water partition coefficient (Wildman–Crippen LogP) is -0.503. The highest BCUT2D eigenvalue weighted by Crippen LogP contribution is 1.94. The summed E-state index contributed by atoms with van der Waals surface area (Å²) >= 11 is 0. The van der Waals surface area contributed by atoms with Gasteiger partial charge < -0.3 is 10.4 Å². The van der Waals surface area contributed by atoms with Crippen molar-refractivity contribution in [3.05, 3.63) is 29.1 Å². The molecule has 1 unspecified atom stereocenters. The van der Waals surface area contributed by atoms with E-state index >= 15 is 0 Å². The molecule has 0 aliphatic rings. The number of hydrogen-bond donors (Lipinski definition) is 2. The van der Waals surface area contributed by atoms with Crippen LogP contribution in [0.4, 0.5) is 0 Å². The zero-order valence-electron chi connectivity index (χ0n) is 11.2. The maximum absolute atomic E-state index is 12.0. The van der Waals surface area contributed by atoms with E-state index in [9.17, 15) is 9.90 Å². The van der Waals surface area contributed by atoms with Gasteiger partial charge in [0.05, 0.1) is 18.8 Å². The normalized spacial score (nSPS) is 13.3. The van der Waals surface area contributed by atoms with Crippen molar-refractivity contribution in [1.82, 2.24) is 24.5 Å². The Bertz CT molecular complexity index is 589. The zero-order chi connectivity index (χ0) is 13.8. The molecule has 2 aromatic heterocycles.